The molecule has 3 rings (SSSR count). The molecule has 1 aromatic carbocycles. The van der Waals surface area contributed by atoms with Crippen LogP contribution in [0.5, 0.6) is 0 Å². The highest BCUT2D eigenvalue weighted by Crippen LogP contribution is 2.31. The zero-order valence-electron chi connectivity index (χ0n) is 16.9. The Kier molecular flexibility index (Phi) is 7.25. The topological polar surface area (TPSA) is 96.4 Å². The number of rotatable bonds is 8. The van der Waals surface area contributed by atoms with Crippen molar-refractivity contribution in [3.8, 4) is 0 Å². The van der Waals surface area contributed by atoms with E-state index in [1.54, 1.807) is 21.1 Å². The third-order valence-electron chi connectivity index (χ3n) is 4.18. The van der Waals surface area contributed by atoms with Gasteiger partial charge in [-0.3, -0.25) is 9.59 Å². The van der Waals surface area contributed by atoms with E-state index in [9.17, 15) is 18.4 Å². The van der Waals surface area contributed by atoms with E-state index in [-0.39, 0.29) is 17.2 Å². The summed E-state index contributed by atoms with van der Waals surface area (Å²) >= 11 is 2.19. The van der Waals surface area contributed by atoms with Gasteiger partial charge in [0.05, 0.1) is 24.1 Å². The summed E-state index contributed by atoms with van der Waals surface area (Å²) < 4.78 is 35.7. The smallest absolute Gasteiger partial charge is 0.265 e. The Bertz CT molecular complexity index is 1100. The standard InChI is InChI=1S/C19H19F2N5O3S2/c1-10-15(16(27)23-11-4-5-12(20)13(21)8-11)17(31-25-10)24-19-22-9-14(30-19)18(28)26(2)6-7-29-3/h4-5,8-9H,6-7H2,1-3H3,(H,22,24)(H,23,27). The summed E-state index contributed by atoms with van der Waals surface area (Å²) in [6.07, 6.45) is 1.45. The van der Waals surface area contributed by atoms with Crippen LogP contribution in [0.15, 0.2) is 24.4 Å². The van der Waals surface area contributed by atoms with Crippen LogP contribution in [0, 0.1) is 18.6 Å². The number of anilines is 3. The molecule has 2 aromatic heterocycles. The predicted molar refractivity (Wildman–Crippen MR) is 115 cm³/mol. The fourth-order valence-electron chi connectivity index (χ4n) is 2.54. The van der Waals surface area contributed by atoms with Crippen LogP contribution in [0.25, 0.3) is 0 Å². The number of methoxy groups -OCH3 is 1. The number of ether oxygens (including phenoxy) is 1. The van der Waals surface area contributed by atoms with Gasteiger partial charge in [0.2, 0.25) is 0 Å². The van der Waals surface area contributed by atoms with E-state index in [4.69, 9.17) is 4.74 Å². The van der Waals surface area contributed by atoms with Crippen molar-refractivity contribution in [2.24, 2.45) is 0 Å². The minimum atomic E-state index is -1.06. The molecule has 0 saturated carbocycles. The lowest BCUT2D eigenvalue weighted by Crippen LogP contribution is -2.29. The molecular weight excluding hydrogens is 448 g/mol. The van der Waals surface area contributed by atoms with Crippen LogP contribution in [0.2, 0.25) is 0 Å². The van der Waals surface area contributed by atoms with Gasteiger partial charge in [-0.1, -0.05) is 11.3 Å². The molecule has 0 aliphatic heterocycles. The average molecular weight is 468 g/mol. The first kappa shape index (κ1) is 22.7. The number of thiazole rings is 1. The summed E-state index contributed by atoms with van der Waals surface area (Å²) in [5.41, 5.74) is 0.816. The summed E-state index contributed by atoms with van der Waals surface area (Å²) in [7, 11) is 3.23. The fourth-order valence-corrected chi connectivity index (χ4v) is 4.21. The lowest BCUT2D eigenvalue weighted by molar-refractivity contribution is 0.0748. The highest BCUT2D eigenvalue weighted by atomic mass is 32.1. The molecule has 0 aliphatic carbocycles. The highest BCUT2D eigenvalue weighted by molar-refractivity contribution is 7.18. The second-order valence-electron chi connectivity index (χ2n) is 6.43. The quantitative estimate of drug-likeness (QED) is 0.522. The zero-order valence-corrected chi connectivity index (χ0v) is 18.5. The summed E-state index contributed by atoms with van der Waals surface area (Å²) in [4.78, 5) is 31.3. The molecular formula is C19H19F2N5O3S2. The minimum absolute atomic E-state index is 0.113. The second kappa shape index (κ2) is 9.90. The Hall–Kier alpha value is -2.96. The molecule has 0 radical (unpaired) electrons. The number of nitrogens with one attached hydrogen (secondary N) is 2. The van der Waals surface area contributed by atoms with E-state index in [1.807, 2.05) is 0 Å². The molecule has 2 N–H and O–H groups in total. The number of halogens is 2. The van der Waals surface area contributed by atoms with Gasteiger partial charge in [0, 0.05) is 32.5 Å². The van der Waals surface area contributed by atoms with Gasteiger partial charge in [-0.05, 0) is 30.6 Å². The first-order valence-corrected chi connectivity index (χ1v) is 10.6. The monoisotopic (exact) mass is 467 g/mol. The van der Waals surface area contributed by atoms with Crippen LogP contribution in [0.1, 0.15) is 25.7 Å². The molecule has 8 nitrogen and oxygen atoms in total. The number of amides is 2. The molecule has 2 heterocycles. The number of hydrogen-bond acceptors (Lipinski definition) is 8. The molecule has 31 heavy (non-hydrogen) atoms. The van der Waals surface area contributed by atoms with E-state index < -0.39 is 17.5 Å². The zero-order chi connectivity index (χ0) is 22.5. The molecule has 0 spiro atoms. The van der Waals surface area contributed by atoms with Crippen molar-refractivity contribution in [3.63, 3.8) is 0 Å². The third-order valence-corrected chi connectivity index (χ3v) is 5.94. The third kappa shape index (κ3) is 5.40. The van der Waals surface area contributed by atoms with Crippen molar-refractivity contribution in [3.05, 3.63) is 52.2 Å². The van der Waals surface area contributed by atoms with E-state index in [0.29, 0.717) is 33.9 Å². The molecule has 2 amide bonds. The number of likely N-dealkylation sites (N-methyl/N-ethyl adjacent to an activating group) is 1. The maximum Gasteiger partial charge on any atom is 0.265 e. The van der Waals surface area contributed by atoms with Crippen molar-refractivity contribution in [1.82, 2.24) is 14.3 Å². The molecule has 0 fully saturated rings. The van der Waals surface area contributed by atoms with Gasteiger partial charge >= 0.3 is 0 Å². The number of benzene rings is 1. The Morgan fingerprint density at radius 1 is 1.26 bits per heavy atom. The SMILES string of the molecule is COCCN(C)C(=O)c1cnc(Nc2snc(C)c2C(=O)Nc2ccc(F)c(F)c2)s1. The first-order valence-electron chi connectivity index (χ1n) is 9.00. The van der Waals surface area contributed by atoms with Gasteiger partial charge in [0.15, 0.2) is 16.8 Å². The largest absolute Gasteiger partial charge is 0.383 e. The fraction of sp³-hybridized carbons (Fsp3) is 0.263. The van der Waals surface area contributed by atoms with E-state index >= 15 is 0 Å². The Labute approximate surface area is 185 Å². The Balaban J connectivity index is 1.74. The van der Waals surface area contributed by atoms with Gasteiger partial charge < -0.3 is 20.3 Å². The number of carbonyl (C=O) groups is 2. The molecule has 164 valence electrons. The summed E-state index contributed by atoms with van der Waals surface area (Å²) in [6.45, 7) is 2.52. The lowest BCUT2D eigenvalue weighted by Gasteiger charge is -2.14. The van der Waals surface area contributed by atoms with Crippen LogP contribution in [0.4, 0.5) is 24.6 Å². The normalized spacial score (nSPS) is 10.7. The van der Waals surface area contributed by atoms with Gasteiger partial charge in [0.1, 0.15) is 9.88 Å². The maximum absolute atomic E-state index is 13.4. The molecule has 0 bridgehead atoms. The Morgan fingerprint density at radius 2 is 2.03 bits per heavy atom. The van der Waals surface area contributed by atoms with E-state index in [1.165, 1.54) is 17.2 Å². The molecule has 3 aromatic rings. The molecule has 12 heteroatoms. The maximum atomic E-state index is 13.4. The number of aromatic nitrogens is 2. The summed E-state index contributed by atoms with van der Waals surface area (Å²) in [5.74, 6) is -2.80. The van der Waals surface area contributed by atoms with Crippen LogP contribution in [-0.4, -0.2) is 53.4 Å². The predicted octanol–water partition coefficient (Wildman–Crippen LogP) is 3.90. The van der Waals surface area contributed by atoms with Gasteiger partial charge in [-0.25, -0.2) is 13.8 Å². The molecule has 0 atom stereocenters. The number of nitrogens with zero attached hydrogens (tertiary/aromatic N) is 3. The van der Waals surface area contributed by atoms with Crippen molar-refractivity contribution in [2.45, 2.75) is 6.92 Å². The van der Waals surface area contributed by atoms with E-state index in [2.05, 4.69) is 20.0 Å². The first-order chi connectivity index (χ1) is 14.8. The van der Waals surface area contributed by atoms with Gasteiger partial charge in [0.25, 0.3) is 11.8 Å². The van der Waals surface area contributed by atoms with Crippen LogP contribution in [-0.2, 0) is 4.74 Å². The van der Waals surface area contributed by atoms with Gasteiger partial charge in [-0.15, -0.1) is 0 Å². The second-order valence-corrected chi connectivity index (χ2v) is 8.23. The van der Waals surface area contributed by atoms with Crippen LogP contribution in [0.3, 0.4) is 0 Å². The van der Waals surface area contributed by atoms with Crippen molar-refractivity contribution >= 4 is 50.5 Å². The molecule has 0 aliphatic rings. The van der Waals surface area contributed by atoms with Crippen molar-refractivity contribution < 1.29 is 23.1 Å². The van der Waals surface area contributed by atoms with Gasteiger partial charge in [-0.2, -0.15) is 4.37 Å². The summed E-state index contributed by atoms with van der Waals surface area (Å²) in [6, 6.07) is 3.09. The molecule has 0 unspecified atom stereocenters. The number of carbonyl (C=O) groups excluding carboxylic acids is 2. The molecule has 0 saturated heterocycles. The Morgan fingerprint density at radius 3 is 2.74 bits per heavy atom. The average Bonchev–Trinajstić information content (AvgIpc) is 3.35. The minimum Gasteiger partial charge on any atom is -0.383 e. The number of aryl methyl sites for hydroxylation is 1. The summed E-state index contributed by atoms with van der Waals surface area (Å²) in [5, 5.41) is 6.37. The van der Waals surface area contributed by atoms with Crippen molar-refractivity contribution in [1.29, 1.82) is 0 Å². The number of hydrogen-bond donors (Lipinski definition) is 2. The van der Waals surface area contributed by atoms with Crippen LogP contribution < -0.4 is 10.6 Å². The van der Waals surface area contributed by atoms with Crippen molar-refractivity contribution in [2.75, 3.05) is 37.9 Å². The lowest BCUT2D eigenvalue weighted by atomic mass is 10.2. The van der Waals surface area contributed by atoms with Crippen LogP contribution >= 0.6 is 22.9 Å². The highest BCUT2D eigenvalue weighted by Gasteiger charge is 2.21. The van der Waals surface area contributed by atoms with E-state index in [0.717, 1.165) is 35.0 Å².